The number of benzene rings is 2. The molecule has 0 fully saturated rings. The molecule has 0 unspecified atom stereocenters. The van der Waals surface area contributed by atoms with Crippen LogP contribution in [0, 0.1) is 0 Å². The summed E-state index contributed by atoms with van der Waals surface area (Å²) >= 11 is 20.5. The van der Waals surface area contributed by atoms with Crippen LogP contribution in [0.5, 0.6) is 11.5 Å². The van der Waals surface area contributed by atoms with Crippen molar-refractivity contribution in [2.45, 2.75) is 0 Å². The highest BCUT2D eigenvalue weighted by molar-refractivity contribution is 7.78. The zero-order chi connectivity index (χ0) is 24.5. The van der Waals surface area contributed by atoms with Gasteiger partial charge in [0.25, 0.3) is 0 Å². The number of hydrogen-bond donors (Lipinski definition) is 0. The molecule has 2 aromatic heterocycles. The minimum Gasteiger partial charge on any atom is -0.494 e. The average molecular weight is 532 g/mol. The summed E-state index contributed by atoms with van der Waals surface area (Å²) < 4.78 is 13.8. The number of ether oxygens (including phenoxy) is 2. The summed E-state index contributed by atoms with van der Waals surface area (Å²) in [6.45, 7) is 0. The van der Waals surface area contributed by atoms with Crippen LogP contribution < -0.4 is 9.47 Å². The second-order valence-corrected chi connectivity index (χ2v) is 7.27. The first-order valence-corrected chi connectivity index (χ1v) is 10.9. The van der Waals surface area contributed by atoms with Gasteiger partial charge in [-0.05, 0) is 60.3 Å². The maximum atomic E-state index is 5.77. The first kappa shape index (κ1) is 25.2. The molecule has 0 bridgehead atoms. The van der Waals surface area contributed by atoms with Crippen LogP contribution in [0.25, 0.3) is 11.4 Å². The lowest BCUT2D eigenvalue weighted by Gasteiger charge is -2.09. The maximum Gasteiger partial charge on any atom is 0.242 e. The summed E-state index contributed by atoms with van der Waals surface area (Å²) in [5.41, 5.74) is 2.89. The maximum absolute atomic E-state index is 5.77. The molecule has 172 valence electrons. The highest BCUT2D eigenvalue weighted by Crippen LogP contribution is 2.29. The Balaban J connectivity index is 0.000000191. The number of aromatic nitrogens is 5. The molecule has 0 aliphatic heterocycles. The van der Waals surface area contributed by atoms with Crippen molar-refractivity contribution in [1.29, 1.82) is 0 Å². The monoisotopic (exact) mass is 531 g/mol. The standard InChI is InChI=1S/C11H8ClN3OS.C10H7ClN4OS/c1-16-10-4-8(14-7-17)2-3-9(10)15-5-11(12)13-6-15;1-16-9-4-7(13-6-17)2-3-8(9)15-5-12-10(11)14-15/h2-6H,1H3;2-5H,1H3. The van der Waals surface area contributed by atoms with Gasteiger partial charge in [-0.15, -0.1) is 5.10 Å². The molecule has 4 rings (SSSR count). The first-order chi connectivity index (χ1) is 16.5. The number of methoxy groups -OCH3 is 2. The van der Waals surface area contributed by atoms with Gasteiger partial charge in [-0.2, -0.15) is 9.98 Å². The van der Waals surface area contributed by atoms with Gasteiger partial charge in [-0.1, -0.05) is 11.6 Å². The van der Waals surface area contributed by atoms with Crippen LogP contribution in [0.15, 0.2) is 65.2 Å². The van der Waals surface area contributed by atoms with E-state index in [2.05, 4.69) is 59.8 Å². The molecule has 4 aromatic rings. The molecule has 13 heteroatoms. The van der Waals surface area contributed by atoms with Crippen molar-refractivity contribution in [3.8, 4) is 22.9 Å². The van der Waals surface area contributed by atoms with Crippen LogP contribution in [0.3, 0.4) is 0 Å². The summed E-state index contributed by atoms with van der Waals surface area (Å²) in [7, 11) is 3.14. The van der Waals surface area contributed by atoms with E-state index in [-0.39, 0.29) is 5.28 Å². The summed E-state index contributed by atoms with van der Waals surface area (Å²) in [6, 6.07) is 10.7. The van der Waals surface area contributed by atoms with Crippen LogP contribution >= 0.6 is 47.6 Å². The molecule has 0 spiro atoms. The topological polar surface area (TPSA) is 91.7 Å². The van der Waals surface area contributed by atoms with E-state index in [1.165, 1.54) is 11.0 Å². The first-order valence-electron chi connectivity index (χ1n) is 9.28. The summed E-state index contributed by atoms with van der Waals surface area (Å²) in [5.74, 6) is 1.25. The molecule has 0 saturated carbocycles. The SMILES string of the molecule is COc1cc(N=C=S)ccc1-n1cnc(Cl)c1.COc1cc(N=C=S)ccc1-n1cnc(Cl)n1. The Labute approximate surface area is 215 Å². The Morgan fingerprint density at radius 1 is 0.853 bits per heavy atom. The minimum atomic E-state index is 0.174. The predicted octanol–water partition coefficient (Wildman–Crippen LogP) is 5.93. The fraction of sp³-hybridized carbons (Fsp3) is 0.0952. The molecule has 2 heterocycles. The van der Waals surface area contributed by atoms with Crippen molar-refractivity contribution < 1.29 is 9.47 Å². The Kier molecular flexibility index (Phi) is 9.00. The lowest BCUT2D eigenvalue weighted by molar-refractivity contribution is 0.412. The third kappa shape index (κ3) is 6.33. The van der Waals surface area contributed by atoms with Gasteiger partial charge in [0, 0.05) is 18.3 Å². The highest BCUT2D eigenvalue weighted by atomic mass is 35.5. The fourth-order valence-electron chi connectivity index (χ4n) is 2.77. The molecule has 0 N–H and O–H groups in total. The van der Waals surface area contributed by atoms with Crippen LogP contribution in [0.4, 0.5) is 11.4 Å². The van der Waals surface area contributed by atoms with Crippen molar-refractivity contribution in [2.75, 3.05) is 14.2 Å². The van der Waals surface area contributed by atoms with Crippen molar-refractivity contribution in [3.63, 3.8) is 0 Å². The highest BCUT2D eigenvalue weighted by Gasteiger charge is 2.09. The molecule has 0 aliphatic carbocycles. The van der Waals surface area contributed by atoms with Crippen LogP contribution in [0.1, 0.15) is 0 Å². The van der Waals surface area contributed by atoms with Crippen molar-refractivity contribution in [1.82, 2.24) is 24.3 Å². The fourth-order valence-corrected chi connectivity index (χ4v) is 3.25. The van der Waals surface area contributed by atoms with Crippen LogP contribution in [0.2, 0.25) is 10.4 Å². The summed E-state index contributed by atoms with van der Waals surface area (Å²) in [5, 5.41) is 9.19. The Morgan fingerprint density at radius 3 is 1.91 bits per heavy atom. The van der Waals surface area contributed by atoms with Crippen LogP contribution in [-0.4, -0.2) is 48.9 Å². The number of imidazole rings is 1. The van der Waals surface area contributed by atoms with E-state index in [1.54, 1.807) is 55.6 Å². The van der Waals surface area contributed by atoms with Crippen molar-refractivity contribution >= 4 is 69.3 Å². The van der Waals surface area contributed by atoms with Gasteiger partial charge >= 0.3 is 0 Å². The zero-order valence-electron chi connectivity index (χ0n) is 17.7. The quantitative estimate of drug-likeness (QED) is 0.224. The summed E-state index contributed by atoms with van der Waals surface area (Å²) in [4.78, 5) is 15.5. The molecule has 0 radical (unpaired) electrons. The molecule has 0 atom stereocenters. The van der Waals surface area contributed by atoms with Gasteiger partial charge in [0.2, 0.25) is 5.28 Å². The third-order valence-electron chi connectivity index (χ3n) is 4.22. The number of hydrogen-bond acceptors (Lipinski definition) is 9. The largest absolute Gasteiger partial charge is 0.494 e. The Morgan fingerprint density at radius 2 is 1.44 bits per heavy atom. The molecular formula is C21H15Cl2N7O2S2. The average Bonchev–Trinajstić information content (AvgIpc) is 3.48. The Hall–Kier alpha value is -3.43. The lowest BCUT2D eigenvalue weighted by atomic mass is 10.2. The van der Waals surface area contributed by atoms with E-state index in [4.69, 9.17) is 32.7 Å². The normalized spacial score (nSPS) is 9.76. The molecule has 34 heavy (non-hydrogen) atoms. The molecular weight excluding hydrogens is 517 g/mol. The molecule has 9 nitrogen and oxygen atoms in total. The van der Waals surface area contributed by atoms with Gasteiger partial charge in [-0.3, -0.25) is 0 Å². The van der Waals surface area contributed by atoms with Gasteiger partial charge in [0.15, 0.2) is 0 Å². The Bertz CT molecular complexity index is 1290. The van der Waals surface area contributed by atoms with E-state index in [9.17, 15) is 0 Å². The number of isothiocyanates is 2. The van der Waals surface area contributed by atoms with Crippen LogP contribution in [-0.2, 0) is 0 Å². The van der Waals surface area contributed by atoms with Gasteiger partial charge in [-0.25, -0.2) is 14.6 Å². The summed E-state index contributed by atoms with van der Waals surface area (Å²) in [6.07, 6.45) is 4.81. The predicted molar refractivity (Wildman–Crippen MR) is 137 cm³/mol. The van der Waals surface area contributed by atoms with E-state index in [0.29, 0.717) is 28.0 Å². The number of halogens is 2. The van der Waals surface area contributed by atoms with Gasteiger partial charge in [0.1, 0.15) is 35.0 Å². The van der Waals surface area contributed by atoms with E-state index < -0.39 is 0 Å². The molecule has 2 aromatic carbocycles. The molecule has 0 amide bonds. The van der Waals surface area contributed by atoms with E-state index >= 15 is 0 Å². The van der Waals surface area contributed by atoms with E-state index in [0.717, 1.165) is 11.4 Å². The second kappa shape index (κ2) is 12.2. The zero-order valence-corrected chi connectivity index (χ0v) is 20.9. The number of nitrogens with zero attached hydrogens (tertiary/aromatic N) is 7. The molecule has 0 aliphatic rings. The lowest BCUT2D eigenvalue weighted by Crippen LogP contribution is -1.98. The molecule has 0 saturated heterocycles. The third-order valence-corrected chi connectivity index (χ3v) is 4.77. The van der Waals surface area contributed by atoms with Gasteiger partial charge in [0.05, 0.1) is 41.6 Å². The van der Waals surface area contributed by atoms with Crippen molar-refractivity contribution in [2.24, 2.45) is 9.98 Å². The minimum absolute atomic E-state index is 0.174. The van der Waals surface area contributed by atoms with Crippen molar-refractivity contribution in [3.05, 3.63) is 65.7 Å². The van der Waals surface area contributed by atoms with E-state index in [1.807, 2.05) is 12.1 Å². The van der Waals surface area contributed by atoms with Gasteiger partial charge < -0.3 is 14.0 Å². The smallest absolute Gasteiger partial charge is 0.242 e. The number of thiocarbonyl (C=S) groups is 2. The number of rotatable bonds is 6. The second-order valence-electron chi connectivity index (χ2n) is 6.18. The number of aliphatic imine (C=N–C) groups is 2.